The van der Waals surface area contributed by atoms with Crippen LogP contribution in [0.4, 0.5) is 0 Å². The Morgan fingerprint density at radius 2 is 1.55 bits per heavy atom. The second-order valence-electron chi connectivity index (χ2n) is 10.6. The second kappa shape index (κ2) is 8.65. The van der Waals surface area contributed by atoms with Gasteiger partial charge in [0.05, 0.1) is 12.2 Å². The van der Waals surface area contributed by atoms with Gasteiger partial charge in [0.1, 0.15) is 0 Å². The van der Waals surface area contributed by atoms with Crippen molar-refractivity contribution in [3.8, 4) is 0 Å². The molecule has 1 aliphatic rings. The lowest BCUT2D eigenvalue weighted by Crippen LogP contribution is -2.34. The first-order valence-electron chi connectivity index (χ1n) is 11.6. The molecule has 2 aromatic carbocycles. The zero-order valence-electron chi connectivity index (χ0n) is 20.6. The van der Waals surface area contributed by atoms with Crippen molar-refractivity contribution in [2.45, 2.75) is 85.0 Å². The first-order chi connectivity index (χ1) is 14.5. The van der Waals surface area contributed by atoms with Crippen molar-refractivity contribution in [3.63, 3.8) is 0 Å². The summed E-state index contributed by atoms with van der Waals surface area (Å²) < 4.78 is 5.10. The van der Waals surface area contributed by atoms with Gasteiger partial charge in [-0.1, -0.05) is 71.9 Å². The van der Waals surface area contributed by atoms with Crippen LogP contribution in [0.5, 0.6) is 0 Å². The fraction of sp³-hybridized carbons (Fsp3) is 0.483. The average molecular weight is 419 g/mol. The van der Waals surface area contributed by atoms with Crippen LogP contribution in [0.2, 0.25) is 0 Å². The van der Waals surface area contributed by atoms with Crippen LogP contribution in [0.1, 0.15) is 112 Å². The molecule has 3 rings (SSSR count). The van der Waals surface area contributed by atoms with Crippen molar-refractivity contribution in [2.24, 2.45) is 0 Å². The number of benzene rings is 2. The van der Waals surface area contributed by atoms with E-state index in [1.807, 2.05) is 31.2 Å². The van der Waals surface area contributed by atoms with Crippen molar-refractivity contribution < 1.29 is 9.53 Å². The lowest BCUT2D eigenvalue weighted by Gasteiger charge is -2.43. The van der Waals surface area contributed by atoms with E-state index in [0.29, 0.717) is 18.1 Å². The third-order valence-corrected chi connectivity index (χ3v) is 6.87. The fourth-order valence-corrected chi connectivity index (χ4v) is 4.71. The number of hydrogen-bond donors (Lipinski definition) is 0. The van der Waals surface area contributed by atoms with E-state index in [1.165, 1.54) is 40.7 Å². The summed E-state index contributed by atoms with van der Waals surface area (Å²) in [5, 5.41) is 0. The molecule has 2 heteroatoms. The van der Waals surface area contributed by atoms with E-state index in [9.17, 15) is 4.79 Å². The van der Waals surface area contributed by atoms with Crippen molar-refractivity contribution in [3.05, 3.63) is 69.8 Å². The highest BCUT2D eigenvalue weighted by atomic mass is 16.5. The number of carbonyl (C=O) groups is 1. The van der Waals surface area contributed by atoms with Crippen molar-refractivity contribution in [1.29, 1.82) is 0 Å². The van der Waals surface area contributed by atoms with Crippen LogP contribution in [-0.2, 0) is 15.6 Å². The summed E-state index contributed by atoms with van der Waals surface area (Å²) in [6.45, 7) is 18.5. The van der Waals surface area contributed by atoms with Gasteiger partial charge in [0.15, 0.2) is 0 Å². The van der Waals surface area contributed by atoms with Gasteiger partial charge in [-0.25, -0.2) is 4.79 Å². The first kappa shape index (κ1) is 23.3. The Kier molecular flexibility index (Phi) is 6.51. The van der Waals surface area contributed by atoms with Gasteiger partial charge in [-0.3, -0.25) is 0 Å². The van der Waals surface area contributed by atoms with Crippen LogP contribution < -0.4 is 0 Å². The van der Waals surface area contributed by atoms with Crippen LogP contribution in [0.25, 0.3) is 11.6 Å². The quantitative estimate of drug-likeness (QED) is 0.364. The van der Waals surface area contributed by atoms with E-state index in [-0.39, 0.29) is 16.8 Å². The molecule has 166 valence electrons. The Bertz CT molecular complexity index is 988. The van der Waals surface area contributed by atoms with Crippen molar-refractivity contribution >= 4 is 17.6 Å². The van der Waals surface area contributed by atoms with E-state index >= 15 is 0 Å². The van der Waals surface area contributed by atoms with Gasteiger partial charge >= 0.3 is 5.97 Å². The molecule has 0 fully saturated rings. The number of esters is 1. The molecule has 0 heterocycles. The van der Waals surface area contributed by atoms with Gasteiger partial charge in [-0.15, -0.1) is 0 Å². The highest BCUT2D eigenvalue weighted by molar-refractivity contribution is 5.90. The Labute approximate surface area is 188 Å². The summed E-state index contributed by atoms with van der Waals surface area (Å²) in [5.74, 6) is 0.187. The van der Waals surface area contributed by atoms with Crippen molar-refractivity contribution in [2.75, 3.05) is 6.61 Å². The summed E-state index contributed by atoms with van der Waals surface area (Å²) in [6.07, 6.45) is 4.67. The fourth-order valence-electron chi connectivity index (χ4n) is 4.71. The van der Waals surface area contributed by atoms with E-state index in [1.54, 1.807) is 0 Å². The lowest BCUT2D eigenvalue weighted by atomic mass is 9.62. The number of rotatable bonds is 5. The van der Waals surface area contributed by atoms with Gasteiger partial charge in [0.25, 0.3) is 0 Å². The van der Waals surface area contributed by atoms with E-state index < -0.39 is 0 Å². The number of allylic oxidation sites excluding steroid dienone is 1. The number of carbonyl (C=O) groups excluding carboxylic acids is 1. The summed E-state index contributed by atoms with van der Waals surface area (Å²) in [7, 11) is 0. The minimum absolute atomic E-state index is 0.191. The Hall–Kier alpha value is -2.35. The van der Waals surface area contributed by atoms with Crippen molar-refractivity contribution in [1.82, 2.24) is 0 Å². The average Bonchev–Trinajstić information content (AvgIpc) is 2.71. The Balaban J connectivity index is 2.06. The molecule has 0 atom stereocenters. The molecule has 0 N–H and O–H groups in total. The number of ether oxygens (including phenoxy) is 1. The maximum Gasteiger partial charge on any atom is 0.338 e. The molecule has 1 aliphatic carbocycles. The van der Waals surface area contributed by atoms with Gasteiger partial charge in [-0.2, -0.15) is 0 Å². The van der Waals surface area contributed by atoms with E-state index in [4.69, 9.17) is 4.74 Å². The zero-order valence-corrected chi connectivity index (χ0v) is 20.6. The topological polar surface area (TPSA) is 26.3 Å². The maximum atomic E-state index is 11.9. The standard InChI is InChI=1S/C29H38O2/c1-9-31-27(30)22-12-10-21(11-13-22)16-20(4)24-18-26-25(17-23(24)19(2)3)28(5,6)14-15-29(26,7)8/h10-13,16-19H,9,14-15H2,1-8H3. The molecule has 0 radical (unpaired) electrons. The molecule has 0 saturated heterocycles. The molecule has 31 heavy (non-hydrogen) atoms. The monoisotopic (exact) mass is 418 g/mol. The highest BCUT2D eigenvalue weighted by Gasteiger charge is 2.37. The van der Waals surface area contributed by atoms with E-state index in [0.717, 1.165) is 5.56 Å². The molecule has 0 unspecified atom stereocenters. The molecule has 0 saturated carbocycles. The smallest absolute Gasteiger partial charge is 0.338 e. The third kappa shape index (κ3) is 4.79. The third-order valence-electron chi connectivity index (χ3n) is 6.87. The second-order valence-corrected chi connectivity index (χ2v) is 10.6. The molecular weight excluding hydrogens is 380 g/mol. The van der Waals surface area contributed by atoms with Gasteiger partial charge < -0.3 is 4.74 Å². The first-order valence-corrected chi connectivity index (χ1v) is 11.6. The summed E-state index contributed by atoms with van der Waals surface area (Å²) in [5.41, 5.74) is 9.13. The van der Waals surface area contributed by atoms with Gasteiger partial charge in [0.2, 0.25) is 0 Å². The Morgan fingerprint density at radius 1 is 1.00 bits per heavy atom. The number of hydrogen-bond acceptors (Lipinski definition) is 2. The highest BCUT2D eigenvalue weighted by Crippen LogP contribution is 2.48. The minimum Gasteiger partial charge on any atom is -0.462 e. The predicted octanol–water partition coefficient (Wildman–Crippen LogP) is 7.90. The molecule has 2 nitrogen and oxygen atoms in total. The van der Waals surface area contributed by atoms with Crippen LogP contribution in [0, 0.1) is 0 Å². The summed E-state index contributed by atoms with van der Waals surface area (Å²) >= 11 is 0. The van der Waals surface area contributed by atoms with Gasteiger partial charge in [0, 0.05) is 0 Å². The minimum atomic E-state index is -0.267. The Morgan fingerprint density at radius 3 is 2.06 bits per heavy atom. The maximum absolute atomic E-state index is 11.9. The molecule has 2 aromatic rings. The van der Waals surface area contributed by atoms with Crippen LogP contribution >= 0.6 is 0 Å². The zero-order chi connectivity index (χ0) is 23.0. The van der Waals surface area contributed by atoms with Crippen LogP contribution in [0.3, 0.4) is 0 Å². The molecular formula is C29H38O2. The normalized spacial score (nSPS) is 17.4. The van der Waals surface area contributed by atoms with Crippen LogP contribution in [-0.4, -0.2) is 12.6 Å². The largest absolute Gasteiger partial charge is 0.462 e. The molecule has 0 bridgehead atoms. The summed E-state index contributed by atoms with van der Waals surface area (Å²) in [4.78, 5) is 11.9. The number of fused-ring (bicyclic) bond motifs is 1. The molecule has 0 spiro atoms. The summed E-state index contributed by atoms with van der Waals surface area (Å²) in [6, 6.07) is 12.6. The molecule has 0 aliphatic heterocycles. The van der Waals surface area contributed by atoms with Gasteiger partial charge in [-0.05, 0) is 89.0 Å². The molecule has 0 amide bonds. The SMILES string of the molecule is CCOC(=O)c1ccc(C=C(C)c2cc3c(cc2C(C)C)C(C)(C)CCC3(C)C)cc1. The lowest BCUT2D eigenvalue weighted by molar-refractivity contribution is 0.0526. The predicted molar refractivity (Wildman–Crippen MR) is 132 cm³/mol. The van der Waals surface area contributed by atoms with E-state index in [2.05, 4.69) is 66.7 Å². The molecule has 0 aromatic heterocycles. The van der Waals surface area contributed by atoms with Crippen LogP contribution in [0.15, 0.2) is 36.4 Å².